The van der Waals surface area contributed by atoms with Crippen molar-refractivity contribution in [2.24, 2.45) is 0 Å². The summed E-state index contributed by atoms with van der Waals surface area (Å²) >= 11 is 0. The summed E-state index contributed by atoms with van der Waals surface area (Å²) in [5, 5.41) is 0. The summed E-state index contributed by atoms with van der Waals surface area (Å²) in [6, 6.07) is 4.72. The van der Waals surface area contributed by atoms with Crippen molar-refractivity contribution in [3.05, 3.63) is 29.3 Å². The number of benzene rings is 1. The zero-order valence-corrected chi connectivity index (χ0v) is 11.3. The first-order chi connectivity index (χ1) is 8.07. The van der Waals surface area contributed by atoms with Crippen LogP contribution >= 0.6 is 0 Å². The number of halogens is 2. The maximum Gasteiger partial charge on any atom is 0.307 e. The average Bonchev–Trinajstić information content (AvgIpc) is 2.24. The van der Waals surface area contributed by atoms with Crippen LogP contribution in [0.15, 0.2) is 18.2 Å². The molecule has 0 aliphatic carbocycles. The molecule has 0 heterocycles. The maximum absolute atomic E-state index is 13.0. The van der Waals surface area contributed by atoms with Gasteiger partial charge in [0, 0.05) is 6.92 Å². The molecule has 18 heavy (non-hydrogen) atoms. The van der Waals surface area contributed by atoms with E-state index in [4.69, 9.17) is 4.74 Å². The van der Waals surface area contributed by atoms with Crippen LogP contribution in [0.1, 0.15) is 43.6 Å². The molecule has 0 atom stereocenters. The van der Waals surface area contributed by atoms with E-state index in [1.807, 2.05) is 20.8 Å². The van der Waals surface area contributed by atoms with Crippen molar-refractivity contribution < 1.29 is 18.3 Å². The minimum atomic E-state index is -3.39. The summed E-state index contributed by atoms with van der Waals surface area (Å²) in [5.74, 6) is -4.43. The van der Waals surface area contributed by atoms with Crippen LogP contribution in [-0.4, -0.2) is 18.8 Å². The van der Waals surface area contributed by atoms with Gasteiger partial charge in [0.15, 0.2) is 0 Å². The third kappa shape index (κ3) is 3.06. The second kappa shape index (κ2) is 4.67. The molecule has 0 fully saturated rings. The van der Waals surface area contributed by atoms with Crippen LogP contribution < -0.4 is 4.74 Å². The molecular weight excluding hydrogens is 238 g/mol. The zero-order chi connectivity index (χ0) is 14.1. The largest absolute Gasteiger partial charge is 0.496 e. The Balaban J connectivity index is 3.29. The molecule has 0 N–H and O–H groups in total. The highest BCUT2D eigenvalue weighted by Gasteiger charge is 2.35. The first-order valence-electron chi connectivity index (χ1n) is 5.68. The Hall–Kier alpha value is -1.45. The van der Waals surface area contributed by atoms with Crippen molar-refractivity contribution in [3.8, 4) is 5.75 Å². The third-order valence-electron chi connectivity index (χ3n) is 2.71. The Labute approximate surface area is 106 Å². The Morgan fingerprint density at radius 3 is 2.11 bits per heavy atom. The number of hydrogen-bond donors (Lipinski definition) is 0. The van der Waals surface area contributed by atoms with E-state index in [1.54, 1.807) is 12.1 Å². The molecule has 1 rings (SSSR count). The molecule has 0 unspecified atom stereocenters. The highest BCUT2D eigenvalue weighted by atomic mass is 19.3. The smallest absolute Gasteiger partial charge is 0.307 e. The van der Waals surface area contributed by atoms with Gasteiger partial charge in [-0.05, 0) is 23.1 Å². The second-order valence-electron chi connectivity index (χ2n) is 5.38. The van der Waals surface area contributed by atoms with Gasteiger partial charge >= 0.3 is 5.92 Å². The lowest BCUT2D eigenvalue weighted by Crippen LogP contribution is -2.25. The fourth-order valence-electron chi connectivity index (χ4n) is 1.58. The molecule has 0 aliphatic heterocycles. The number of carbonyl (C=O) groups is 1. The standard InChI is InChI=1S/C14H18F2O2/c1-13(2,3)9-6-7-10(11(8-9)18-5)12(17)14(4,15)16/h6-8H,1-5H3. The molecule has 0 radical (unpaired) electrons. The summed E-state index contributed by atoms with van der Waals surface area (Å²) in [4.78, 5) is 11.6. The topological polar surface area (TPSA) is 26.3 Å². The number of ether oxygens (including phenoxy) is 1. The van der Waals surface area contributed by atoms with E-state index >= 15 is 0 Å². The van der Waals surface area contributed by atoms with E-state index in [9.17, 15) is 13.6 Å². The summed E-state index contributed by atoms with van der Waals surface area (Å²) in [6.07, 6.45) is 0. The number of rotatable bonds is 3. The van der Waals surface area contributed by atoms with E-state index in [0.29, 0.717) is 6.92 Å². The van der Waals surface area contributed by atoms with Crippen molar-refractivity contribution in [2.75, 3.05) is 7.11 Å². The quantitative estimate of drug-likeness (QED) is 0.768. The molecule has 0 aromatic heterocycles. The first kappa shape index (κ1) is 14.6. The molecule has 0 aliphatic rings. The van der Waals surface area contributed by atoms with Gasteiger partial charge < -0.3 is 4.74 Å². The third-order valence-corrected chi connectivity index (χ3v) is 2.71. The molecule has 1 aromatic carbocycles. The minimum absolute atomic E-state index is 0.0852. The van der Waals surface area contributed by atoms with Gasteiger partial charge in [-0.15, -0.1) is 0 Å². The fourth-order valence-corrected chi connectivity index (χ4v) is 1.58. The van der Waals surface area contributed by atoms with Crippen molar-refractivity contribution in [3.63, 3.8) is 0 Å². The van der Waals surface area contributed by atoms with E-state index < -0.39 is 11.7 Å². The normalized spacial score (nSPS) is 12.4. The summed E-state index contributed by atoms with van der Waals surface area (Å²) in [5.41, 5.74) is 0.706. The number of methoxy groups -OCH3 is 1. The molecular formula is C14H18F2O2. The molecule has 1 aromatic rings. The van der Waals surface area contributed by atoms with Crippen LogP contribution in [0.5, 0.6) is 5.75 Å². The zero-order valence-electron chi connectivity index (χ0n) is 11.3. The molecule has 0 amide bonds. The first-order valence-corrected chi connectivity index (χ1v) is 5.68. The lowest BCUT2D eigenvalue weighted by molar-refractivity contribution is 0.0219. The van der Waals surface area contributed by atoms with Gasteiger partial charge in [0.05, 0.1) is 12.7 Å². The van der Waals surface area contributed by atoms with E-state index in [1.165, 1.54) is 13.2 Å². The van der Waals surface area contributed by atoms with Gasteiger partial charge in [-0.25, -0.2) is 0 Å². The average molecular weight is 256 g/mol. The lowest BCUT2D eigenvalue weighted by Gasteiger charge is -2.21. The number of Topliss-reactive ketones (excluding diaryl/α,β-unsaturated/α-hetero) is 1. The molecule has 0 bridgehead atoms. The number of alkyl halides is 2. The van der Waals surface area contributed by atoms with Gasteiger partial charge in [-0.3, -0.25) is 4.79 Å². The van der Waals surface area contributed by atoms with Crippen LogP contribution in [0.4, 0.5) is 8.78 Å². The SMILES string of the molecule is COc1cc(C(C)(C)C)ccc1C(=O)C(C)(F)F. The maximum atomic E-state index is 13.0. The van der Waals surface area contributed by atoms with E-state index in [2.05, 4.69) is 0 Å². The summed E-state index contributed by atoms with van der Waals surface area (Å²) < 4.78 is 31.1. The number of carbonyl (C=O) groups excluding carboxylic acids is 1. The van der Waals surface area contributed by atoms with Crippen LogP contribution in [0.2, 0.25) is 0 Å². The molecule has 4 heteroatoms. The molecule has 0 saturated carbocycles. The Kier molecular flexibility index (Phi) is 3.79. The van der Waals surface area contributed by atoms with Crippen molar-refractivity contribution in [1.29, 1.82) is 0 Å². The van der Waals surface area contributed by atoms with Crippen molar-refractivity contribution in [1.82, 2.24) is 0 Å². The molecule has 2 nitrogen and oxygen atoms in total. The minimum Gasteiger partial charge on any atom is -0.496 e. The van der Waals surface area contributed by atoms with Crippen molar-refractivity contribution >= 4 is 5.78 Å². The predicted molar refractivity (Wildman–Crippen MR) is 66.6 cm³/mol. The molecule has 0 spiro atoms. The highest BCUT2D eigenvalue weighted by molar-refractivity contribution is 6.03. The Morgan fingerprint density at radius 1 is 1.17 bits per heavy atom. The number of ketones is 1. The Morgan fingerprint density at radius 2 is 1.72 bits per heavy atom. The Bertz CT molecular complexity index is 454. The predicted octanol–water partition coefficient (Wildman–Crippen LogP) is 3.83. The molecule has 0 saturated heterocycles. The summed E-state index contributed by atoms with van der Waals surface area (Å²) in [6.45, 7) is 6.58. The van der Waals surface area contributed by atoms with Crippen LogP contribution in [-0.2, 0) is 5.41 Å². The monoisotopic (exact) mass is 256 g/mol. The van der Waals surface area contributed by atoms with E-state index in [0.717, 1.165) is 5.56 Å². The number of hydrogen-bond acceptors (Lipinski definition) is 2. The lowest BCUT2D eigenvalue weighted by atomic mass is 9.86. The van der Waals surface area contributed by atoms with Gasteiger partial charge in [0.1, 0.15) is 5.75 Å². The van der Waals surface area contributed by atoms with Crippen LogP contribution in [0.25, 0.3) is 0 Å². The van der Waals surface area contributed by atoms with E-state index in [-0.39, 0.29) is 16.7 Å². The van der Waals surface area contributed by atoms with Crippen molar-refractivity contribution in [2.45, 2.75) is 39.0 Å². The summed E-state index contributed by atoms with van der Waals surface area (Å²) in [7, 11) is 1.37. The van der Waals surface area contributed by atoms with Gasteiger partial charge in [-0.1, -0.05) is 26.8 Å². The van der Waals surface area contributed by atoms with Crippen LogP contribution in [0, 0.1) is 0 Å². The van der Waals surface area contributed by atoms with Gasteiger partial charge in [0.25, 0.3) is 0 Å². The highest BCUT2D eigenvalue weighted by Crippen LogP contribution is 2.31. The second-order valence-corrected chi connectivity index (χ2v) is 5.38. The van der Waals surface area contributed by atoms with Crippen LogP contribution in [0.3, 0.4) is 0 Å². The fraction of sp³-hybridized carbons (Fsp3) is 0.500. The molecule has 100 valence electrons. The van der Waals surface area contributed by atoms with Gasteiger partial charge in [0.2, 0.25) is 5.78 Å². The van der Waals surface area contributed by atoms with Gasteiger partial charge in [-0.2, -0.15) is 8.78 Å².